The number of benzene rings is 1. The van der Waals surface area contributed by atoms with Crippen molar-refractivity contribution in [3.63, 3.8) is 0 Å². The summed E-state index contributed by atoms with van der Waals surface area (Å²) in [7, 11) is 3.95. The highest BCUT2D eigenvalue weighted by atomic mass is 16.5. The molecule has 0 saturated carbocycles. The summed E-state index contributed by atoms with van der Waals surface area (Å²) in [5.41, 5.74) is 0.711. The fraction of sp³-hybridized carbons (Fsp3) is 0.417. The number of hydrogen-bond donors (Lipinski definition) is 0. The Bertz CT molecular complexity index is 296. The minimum atomic E-state index is 0.0364. The predicted molar refractivity (Wildman–Crippen MR) is 60.1 cm³/mol. The maximum Gasteiger partial charge on any atom is 0.188 e. The third-order valence-corrected chi connectivity index (χ3v) is 2.01. The van der Waals surface area contributed by atoms with E-state index in [2.05, 4.69) is 0 Å². The second-order valence-corrected chi connectivity index (χ2v) is 3.65. The van der Waals surface area contributed by atoms with Crippen molar-refractivity contribution in [2.24, 2.45) is 0 Å². The molecule has 1 aromatic rings. The predicted octanol–water partition coefficient (Wildman–Crippen LogP) is 1.45. The first-order valence-corrected chi connectivity index (χ1v) is 5.01. The molecule has 15 heavy (non-hydrogen) atoms. The van der Waals surface area contributed by atoms with E-state index in [1.807, 2.05) is 37.2 Å². The van der Waals surface area contributed by atoms with Gasteiger partial charge in [-0.1, -0.05) is 30.3 Å². The van der Waals surface area contributed by atoms with Crippen LogP contribution in [0.1, 0.15) is 10.4 Å². The molecule has 1 rings (SSSR count). The Morgan fingerprint density at radius 3 is 2.53 bits per heavy atom. The van der Waals surface area contributed by atoms with Gasteiger partial charge in [0.1, 0.15) is 6.61 Å². The molecule has 0 amide bonds. The van der Waals surface area contributed by atoms with Crippen LogP contribution in [0.3, 0.4) is 0 Å². The summed E-state index contributed by atoms with van der Waals surface area (Å²) in [6.07, 6.45) is 0. The Balaban J connectivity index is 2.25. The van der Waals surface area contributed by atoms with Crippen molar-refractivity contribution < 1.29 is 9.53 Å². The van der Waals surface area contributed by atoms with Crippen molar-refractivity contribution in [3.05, 3.63) is 35.9 Å². The van der Waals surface area contributed by atoms with Gasteiger partial charge in [-0.15, -0.1) is 0 Å². The summed E-state index contributed by atoms with van der Waals surface area (Å²) in [6, 6.07) is 9.21. The number of likely N-dealkylation sites (N-methyl/N-ethyl adjacent to an activating group) is 1. The Labute approximate surface area is 90.7 Å². The van der Waals surface area contributed by atoms with Gasteiger partial charge in [-0.3, -0.25) is 4.79 Å². The summed E-state index contributed by atoms with van der Waals surface area (Å²) < 4.78 is 5.27. The van der Waals surface area contributed by atoms with Crippen molar-refractivity contribution in [3.8, 4) is 0 Å². The number of hydrogen-bond acceptors (Lipinski definition) is 3. The van der Waals surface area contributed by atoms with Crippen LogP contribution in [0.2, 0.25) is 0 Å². The Hall–Kier alpha value is -1.19. The Morgan fingerprint density at radius 2 is 1.93 bits per heavy atom. The van der Waals surface area contributed by atoms with Gasteiger partial charge in [-0.05, 0) is 14.1 Å². The highest BCUT2D eigenvalue weighted by Gasteiger charge is 2.04. The summed E-state index contributed by atoms with van der Waals surface area (Å²) >= 11 is 0. The van der Waals surface area contributed by atoms with Crippen LogP contribution in [0.25, 0.3) is 0 Å². The van der Waals surface area contributed by atoms with Crippen molar-refractivity contribution in [1.82, 2.24) is 4.90 Å². The highest BCUT2D eigenvalue weighted by Crippen LogP contribution is 1.99. The molecule has 0 aromatic heterocycles. The molecule has 0 radical (unpaired) electrons. The van der Waals surface area contributed by atoms with Crippen LogP contribution in [-0.2, 0) is 4.74 Å². The Morgan fingerprint density at radius 1 is 1.27 bits per heavy atom. The van der Waals surface area contributed by atoms with Gasteiger partial charge in [-0.2, -0.15) is 0 Å². The third-order valence-electron chi connectivity index (χ3n) is 2.01. The van der Waals surface area contributed by atoms with E-state index in [-0.39, 0.29) is 12.4 Å². The normalized spacial score (nSPS) is 10.6. The highest BCUT2D eigenvalue weighted by molar-refractivity contribution is 5.96. The summed E-state index contributed by atoms with van der Waals surface area (Å²) in [5.74, 6) is 0.0364. The third kappa shape index (κ3) is 4.72. The maximum atomic E-state index is 11.6. The molecule has 0 aliphatic carbocycles. The molecule has 3 heteroatoms. The smallest absolute Gasteiger partial charge is 0.188 e. The molecule has 0 aliphatic heterocycles. The molecule has 82 valence electrons. The topological polar surface area (TPSA) is 29.5 Å². The zero-order chi connectivity index (χ0) is 11.1. The standard InChI is InChI=1S/C12H17NO2/c1-13(2)8-9-15-10-12(14)11-6-4-3-5-7-11/h3-7H,8-10H2,1-2H3. The SMILES string of the molecule is CN(C)CCOCC(=O)c1ccccc1. The van der Waals surface area contributed by atoms with Crippen LogP contribution < -0.4 is 0 Å². The Kier molecular flexibility index (Phi) is 5.01. The van der Waals surface area contributed by atoms with Crippen LogP contribution in [0.4, 0.5) is 0 Å². The zero-order valence-corrected chi connectivity index (χ0v) is 9.27. The molecule has 0 saturated heterocycles. The second kappa shape index (κ2) is 6.32. The molecule has 0 heterocycles. The van der Waals surface area contributed by atoms with E-state index in [9.17, 15) is 4.79 Å². The summed E-state index contributed by atoms with van der Waals surface area (Å²) in [6.45, 7) is 1.59. The van der Waals surface area contributed by atoms with E-state index in [1.165, 1.54) is 0 Å². The second-order valence-electron chi connectivity index (χ2n) is 3.65. The maximum absolute atomic E-state index is 11.6. The van der Waals surface area contributed by atoms with Gasteiger partial charge in [0.2, 0.25) is 0 Å². The number of nitrogens with zero attached hydrogens (tertiary/aromatic N) is 1. The van der Waals surface area contributed by atoms with Gasteiger partial charge in [-0.25, -0.2) is 0 Å². The molecule has 3 nitrogen and oxygen atoms in total. The zero-order valence-electron chi connectivity index (χ0n) is 9.27. The molecule has 0 N–H and O–H groups in total. The van der Waals surface area contributed by atoms with Crippen molar-refractivity contribution in [2.45, 2.75) is 0 Å². The van der Waals surface area contributed by atoms with Crippen LogP contribution in [0.5, 0.6) is 0 Å². The lowest BCUT2D eigenvalue weighted by Crippen LogP contribution is -2.20. The van der Waals surface area contributed by atoms with E-state index in [4.69, 9.17) is 4.74 Å². The van der Waals surface area contributed by atoms with Gasteiger partial charge < -0.3 is 9.64 Å². The number of ketones is 1. The average Bonchev–Trinajstić information content (AvgIpc) is 2.25. The van der Waals surface area contributed by atoms with Crippen molar-refractivity contribution >= 4 is 5.78 Å². The molecule has 1 aromatic carbocycles. The first kappa shape index (κ1) is 11.9. The first-order valence-electron chi connectivity index (χ1n) is 5.01. The van der Waals surface area contributed by atoms with E-state index in [0.717, 1.165) is 6.54 Å². The van der Waals surface area contributed by atoms with Gasteiger partial charge in [0.25, 0.3) is 0 Å². The molecular formula is C12H17NO2. The van der Waals surface area contributed by atoms with E-state index in [0.29, 0.717) is 12.2 Å². The largest absolute Gasteiger partial charge is 0.372 e. The van der Waals surface area contributed by atoms with E-state index >= 15 is 0 Å². The quantitative estimate of drug-likeness (QED) is 0.522. The van der Waals surface area contributed by atoms with Gasteiger partial charge >= 0.3 is 0 Å². The minimum absolute atomic E-state index is 0.0364. The first-order chi connectivity index (χ1) is 7.20. The fourth-order valence-corrected chi connectivity index (χ4v) is 1.12. The summed E-state index contributed by atoms with van der Waals surface area (Å²) in [4.78, 5) is 13.6. The minimum Gasteiger partial charge on any atom is -0.372 e. The molecular weight excluding hydrogens is 190 g/mol. The summed E-state index contributed by atoms with van der Waals surface area (Å²) in [5, 5.41) is 0. The monoisotopic (exact) mass is 207 g/mol. The number of carbonyl (C=O) groups is 1. The lowest BCUT2D eigenvalue weighted by Gasteiger charge is -2.09. The molecule has 0 unspecified atom stereocenters. The van der Waals surface area contributed by atoms with E-state index < -0.39 is 0 Å². The number of ether oxygens (including phenoxy) is 1. The van der Waals surface area contributed by atoms with Crippen LogP contribution in [0, 0.1) is 0 Å². The van der Waals surface area contributed by atoms with Crippen LogP contribution >= 0.6 is 0 Å². The lowest BCUT2D eigenvalue weighted by molar-refractivity contribution is 0.0730. The number of carbonyl (C=O) groups excluding carboxylic acids is 1. The average molecular weight is 207 g/mol. The van der Waals surface area contributed by atoms with Gasteiger partial charge in [0, 0.05) is 12.1 Å². The van der Waals surface area contributed by atoms with Crippen LogP contribution in [-0.4, -0.2) is 44.5 Å². The fourth-order valence-electron chi connectivity index (χ4n) is 1.12. The van der Waals surface area contributed by atoms with Gasteiger partial charge in [0.05, 0.1) is 6.61 Å². The van der Waals surface area contributed by atoms with Gasteiger partial charge in [0.15, 0.2) is 5.78 Å². The molecule has 0 spiro atoms. The molecule has 0 bridgehead atoms. The number of Topliss-reactive ketones (excluding diaryl/α,β-unsaturated/α-hetero) is 1. The number of rotatable bonds is 6. The molecule has 0 fully saturated rings. The molecule has 0 aliphatic rings. The van der Waals surface area contributed by atoms with Crippen molar-refractivity contribution in [2.75, 3.05) is 33.9 Å². The van der Waals surface area contributed by atoms with E-state index in [1.54, 1.807) is 12.1 Å². The molecule has 0 atom stereocenters. The lowest BCUT2D eigenvalue weighted by atomic mass is 10.1. The van der Waals surface area contributed by atoms with Crippen molar-refractivity contribution in [1.29, 1.82) is 0 Å². The van der Waals surface area contributed by atoms with Crippen LogP contribution in [0.15, 0.2) is 30.3 Å².